The first-order chi connectivity index (χ1) is 12.2. The van der Waals surface area contributed by atoms with Crippen LogP contribution in [-0.4, -0.2) is 35.6 Å². The number of ether oxygens (including phenoxy) is 1. The maximum atomic E-state index is 12.7. The molecule has 0 spiro atoms. The Morgan fingerprint density at radius 1 is 1.24 bits per heavy atom. The van der Waals surface area contributed by atoms with Crippen molar-refractivity contribution in [3.63, 3.8) is 0 Å². The molecule has 1 aliphatic heterocycles. The number of amides is 1. The van der Waals surface area contributed by atoms with Gasteiger partial charge in [-0.2, -0.15) is 5.26 Å². The van der Waals surface area contributed by atoms with E-state index in [1.54, 1.807) is 53.4 Å². The normalized spacial score (nSPS) is 17.0. The van der Waals surface area contributed by atoms with E-state index in [4.69, 9.17) is 10.00 Å². The highest BCUT2D eigenvalue weighted by Gasteiger charge is 2.24. The number of hydrogen-bond donors (Lipinski definition) is 1. The van der Waals surface area contributed by atoms with Crippen LogP contribution in [0.25, 0.3) is 0 Å². The van der Waals surface area contributed by atoms with Gasteiger partial charge in [-0.05, 0) is 61.2 Å². The van der Waals surface area contributed by atoms with Crippen LogP contribution >= 0.6 is 0 Å². The molecule has 1 saturated heterocycles. The molecule has 0 aliphatic carbocycles. The summed E-state index contributed by atoms with van der Waals surface area (Å²) >= 11 is 0. The molecule has 5 heteroatoms. The third-order valence-electron chi connectivity index (χ3n) is 4.36. The van der Waals surface area contributed by atoms with Crippen LogP contribution < -0.4 is 4.74 Å². The Morgan fingerprint density at radius 2 is 2.04 bits per heavy atom. The average Bonchev–Trinajstić information content (AvgIpc) is 2.68. The number of benzene rings is 2. The smallest absolute Gasteiger partial charge is 0.253 e. The minimum Gasteiger partial charge on any atom is -0.457 e. The number of piperidine rings is 1. The number of aliphatic hydroxyl groups excluding tert-OH is 1. The van der Waals surface area contributed by atoms with Gasteiger partial charge in [0.2, 0.25) is 0 Å². The fraction of sp³-hybridized carbons (Fsp3) is 0.300. The molecule has 1 unspecified atom stereocenters. The van der Waals surface area contributed by atoms with E-state index in [0.717, 1.165) is 19.4 Å². The van der Waals surface area contributed by atoms with Gasteiger partial charge in [0, 0.05) is 25.3 Å². The highest BCUT2D eigenvalue weighted by molar-refractivity contribution is 5.94. The lowest BCUT2D eigenvalue weighted by molar-refractivity contribution is 0.0620. The SMILES string of the molecule is N#Cc1ccc(Oc2cccc(C(=O)N3CCCC(CO)C3)c2)cc1. The summed E-state index contributed by atoms with van der Waals surface area (Å²) < 4.78 is 5.78. The Labute approximate surface area is 147 Å². The van der Waals surface area contributed by atoms with Crippen molar-refractivity contribution in [1.82, 2.24) is 4.90 Å². The Balaban J connectivity index is 1.72. The number of nitrogens with zero attached hydrogens (tertiary/aromatic N) is 2. The zero-order valence-corrected chi connectivity index (χ0v) is 13.9. The van der Waals surface area contributed by atoms with Crippen molar-refractivity contribution in [2.24, 2.45) is 5.92 Å². The Morgan fingerprint density at radius 3 is 2.76 bits per heavy atom. The number of likely N-dealkylation sites (tertiary alicyclic amines) is 1. The van der Waals surface area contributed by atoms with Crippen LogP contribution in [0.5, 0.6) is 11.5 Å². The zero-order chi connectivity index (χ0) is 17.6. The van der Waals surface area contributed by atoms with Crippen LogP contribution in [0.2, 0.25) is 0 Å². The topological polar surface area (TPSA) is 73.6 Å². The van der Waals surface area contributed by atoms with Gasteiger partial charge in [0.25, 0.3) is 5.91 Å². The summed E-state index contributed by atoms with van der Waals surface area (Å²) in [5, 5.41) is 18.2. The lowest BCUT2D eigenvalue weighted by atomic mass is 9.98. The standard InChI is InChI=1S/C20H20N2O3/c21-12-15-6-8-18(9-7-15)25-19-5-1-4-17(11-19)20(24)22-10-2-3-16(13-22)14-23/h1,4-9,11,16,23H,2-3,10,13-14H2. The predicted molar refractivity (Wildman–Crippen MR) is 93.4 cm³/mol. The molecule has 25 heavy (non-hydrogen) atoms. The quantitative estimate of drug-likeness (QED) is 0.930. The van der Waals surface area contributed by atoms with Crippen LogP contribution in [0.15, 0.2) is 48.5 Å². The minimum atomic E-state index is -0.0385. The molecule has 5 nitrogen and oxygen atoms in total. The van der Waals surface area contributed by atoms with Gasteiger partial charge >= 0.3 is 0 Å². The molecular formula is C20H20N2O3. The third-order valence-corrected chi connectivity index (χ3v) is 4.36. The number of aliphatic hydroxyl groups is 1. The summed E-state index contributed by atoms with van der Waals surface area (Å²) in [6.45, 7) is 1.43. The van der Waals surface area contributed by atoms with Crippen LogP contribution in [0, 0.1) is 17.2 Å². The van der Waals surface area contributed by atoms with Gasteiger partial charge in [-0.15, -0.1) is 0 Å². The summed E-state index contributed by atoms with van der Waals surface area (Å²) in [7, 11) is 0. The van der Waals surface area contributed by atoms with E-state index in [9.17, 15) is 9.90 Å². The van der Waals surface area contributed by atoms with E-state index in [0.29, 0.717) is 29.2 Å². The summed E-state index contributed by atoms with van der Waals surface area (Å²) in [5.74, 6) is 1.31. The predicted octanol–water partition coefficient (Wildman–Crippen LogP) is 3.20. The van der Waals surface area contributed by atoms with Crippen molar-refractivity contribution in [1.29, 1.82) is 5.26 Å². The third kappa shape index (κ3) is 4.17. The van der Waals surface area contributed by atoms with Gasteiger partial charge in [0.05, 0.1) is 11.6 Å². The Hall–Kier alpha value is -2.84. The van der Waals surface area contributed by atoms with Gasteiger partial charge in [0.1, 0.15) is 11.5 Å². The Kier molecular flexibility index (Phi) is 5.32. The highest BCUT2D eigenvalue weighted by Crippen LogP contribution is 2.24. The molecular weight excluding hydrogens is 316 g/mol. The molecule has 1 amide bonds. The Bertz CT molecular complexity index is 780. The first-order valence-corrected chi connectivity index (χ1v) is 8.38. The molecule has 0 aromatic heterocycles. The van der Waals surface area contributed by atoms with Gasteiger partial charge in [-0.25, -0.2) is 0 Å². The van der Waals surface area contributed by atoms with E-state index < -0.39 is 0 Å². The lowest BCUT2D eigenvalue weighted by Crippen LogP contribution is -2.40. The number of nitriles is 1. The summed E-state index contributed by atoms with van der Waals surface area (Å²) in [6.07, 6.45) is 1.88. The number of hydrogen-bond acceptors (Lipinski definition) is 4. The van der Waals surface area contributed by atoms with E-state index in [2.05, 4.69) is 6.07 Å². The van der Waals surface area contributed by atoms with Crippen molar-refractivity contribution < 1.29 is 14.6 Å². The molecule has 2 aromatic carbocycles. The number of rotatable bonds is 4. The maximum absolute atomic E-state index is 12.7. The molecule has 128 valence electrons. The minimum absolute atomic E-state index is 0.0385. The van der Waals surface area contributed by atoms with Crippen molar-refractivity contribution in [2.75, 3.05) is 19.7 Å². The molecule has 1 heterocycles. The molecule has 2 aromatic rings. The van der Waals surface area contributed by atoms with E-state index >= 15 is 0 Å². The second-order valence-electron chi connectivity index (χ2n) is 6.21. The molecule has 0 saturated carbocycles. The lowest BCUT2D eigenvalue weighted by Gasteiger charge is -2.32. The second kappa shape index (κ2) is 7.82. The molecule has 1 atom stereocenters. The van der Waals surface area contributed by atoms with Crippen molar-refractivity contribution in [3.05, 3.63) is 59.7 Å². The van der Waals surface area contributed by atoms with E-state index in [1.165, 1.54) is 0 Å². The van der Waals surface area contributed by atoms with Crippen molar-refractivity contribution in [2.45, 2.75) is 12.8 Å². The monoisotopic (exact) mass is 336 g/mol. The fourth-order valence-corrected chi connectivity index (χ4v) is 3.01. The molecule has 0 radical (unpaired) electrons. The maximum Gasteiger partial charge on any atom is 0.253 e. The molecule has 1 aliphatic rings. The zero-order valence-electron chi connectivity index (χ0n) is 13.9. The molecule has 1 N–H and O–H groups in total. The van der Waals surface area contributed by atoms with Crippen molar-refractivity contribution >= 4 is 5.91 Å². The fourth-order valence-electron chi connectivity index (χ4n) is 3.01. The summed E-state index contributed by atoms with van der Waals surface area (Å²) in [6, 6.07) is 16.0. The van der Waals surface area contributed by atoms with Gasteiger partial charge in [0.15, 0.2) is 0 Å². The summed E-state index contributed by atoms with van der Waals surface area (Å²) in [5.41, 5.74) is 1.14. The van der Waals surface area contributed by atoms with Crippen LogP contribution in [0.4, 0.5) is 0 Å². The van der Waals surface area contributed by atoms with Gasteiger partial charge in [-0.1, -0.05) is 6.07 Å². The van der Waals surface area contributed by atoms with Gasteiger partial charge < -0.3 is 14.7 Å². The largest absolute Gasteiger partial charge is 0.457 e. The van der Waals surface area contributed by atoms with Crippen LogP contribution in [0.3, 0.4) is 0 Å². The highest BCUT2D eigenvalue weighted by atomic mass is 16.5. The number of carbonyl (C=O) groups is 1. The van der Waals surface area contributed by atoms with E-state index in [-0.39, 0.29) is 18.4 Å². The second-order valence-corrected chi connectivity index (χ2v) is 6.21. The van der Waals surface area contributed by atoms with Crippen molar-refractivity contribution in [3.8, 4) is 17.6 Å². The molecule has 1 fully saturated rings. The summed E-state index contributed by atoms with van der Waals surface area (Å²) in [4.78, 5) is 14.5. The molecule has 3 rings (SSSR count). The first kappa shape index (κ1) is 17.0. The molecule has 0 bridgehead atoms. The average molecular weight is 336 g/mol. The van der Waals surface area contributed by atoms with Gasteiger partial charge in [-0.3, -0.25) is 4.79 Å². The first-order valence-electron chi connectivity index (χ1n) is 8.38. The van der Waals surface area contributed by atoms with E-state index in [1.807, 2.05) is 0 Å². The number of carbonyl (C=O) groups excluding carboxylic acids is 1. The van der Waals surface area contributed by atoms with Crippen LogP contribution in [-0.2, 0) is 0 Å². The van der Waals surface area contributed by atoms with Crippen LogP contribution in [0.1, 0.15) is 28.8 Å².